The minimum Gasteiger partial charge on any atom is -0.343 e. The number of hydrogen-bond acceptors (Lipinski definition) is 2. The highest BCUT2D eigenvalue weighted by Crippen LogP contribution is 2.30. The molecule has 0 aromatic heterocycles. The van der Waals surface area contributed by atoms with Crippen LogP contribution in [0, 0.1) is 11.8 Å². The predicted molar refractivity (Wildman–Crippen MR) is 69.8 cm³/mol. The highest BCUT2D eigenvalue weighted by atomic mass is 16.2. The Balaban J connectivity index is 1.75. The number of nitrogens with one attached hydrogen (secondary N) is 1. The number of nitrogens with zero attached hydrogens (tertiary/aromatic N) is 1. The fraction of sp³-hybridized carbons (Fsp3) is 0.929. The van der Waals surface area contributed by atoms with Gasteiger partial charge in [0.25, 0.3) is 0 Å². The molecule has 0 atom stereocenters. The lowest BCUT2D eigenvalue weighted by Crippen LogP contribution is -2.40. The van der Waals surface area contributed by atoms with Gasteiger partial charge in [-0.25, -0.2) is 0 Å². The summed E-state index contributed by atoms with van der Waals surface area (Å²) in [7, 11) is 0. The average Bonchev–Trinajstić information content (AvgIpc) is 2.32. The molecule has 0 aromatic carbocycles. The van der Waals surface area contributed by atoms with E-state index in [9.17, 15) is 4.79 Å². The third-order valence-corrected chi connectivity index (χ3v) is 4.36. The van der Waals surface area contributed by atoms with Gasteiger partial charge in [-0.15, -0.1) is 0 Å². The van der Waals surface area contributed by atoms with E-state index in [1.54, 1.807) is 0 Å². The van der Waals surface area contributed by atoms with Gasteiger partial charge in [0.15, 0.2) is 0 Å². The smallest absolute Gasteiger partial charge is 0.222 e. The first-order valence-electron chi connectivity index (χ1n) is 7.28. The number of carbonyl (C=O) groups is 1. The Labute approximate surface area is 105 Å². The third-order valence-electron chi connectivity index (χ3n) is 4.36. The molecule has 1 saturated heterocycles. The van der Waals surface area contributed by atoms with Crippen molar-refractivity contribution in [3.63, 3.8) is 0 Å². The minimum atomic E-state index is 0.399. The van der Waals surface area contributed by atoms with Crippen molar-refractivity contribution in [3.8, 4) is 0 Å². The van der Waals surface area contributed by atoms with Gasteiger partial charge in [0.2, 0.25) is 5.91 Å². The molecule has 0 bridgehead atoms. The van der Waals surface area contributed by atoms with Crippen LogP contribution in [0.25, 0.3) is 0 Å². The van der Waals surface area contributed by atoms with Crippen molar-refractivity contribution in [1.82, 2.24) is 10.2 Å². The third kappa shape index (κ3) is 3.70. The van der Waals surface area contributed by atoms with E-state index in [1.807, 2.05) is 0 Å². The monoisotopic (exact) mass is 238 g/mol. The van der Waals surface area contributed by atoms with Gasteiger partial charge in [-0.2, -0.15) is 0 Å². The van der Waals surface area contributed by atoms with Gasteiger partial charge >= 0.3 is 0 Å². The van der Waals surface area contributed by atoms with Crippen molar-refractivity contribution in [3.05, 3.63) is 0 Å². The normalized spacial score (nSPS) is 22.2. The first-order chi connectivity index (χ1) is 8.29. The summed E-state index contributed by atoms with van der Waals surface area (Å²) < 4.78 is 0. The molecule has 1 aliphatic carbocycles. The molecule has 2 fully saturated rings. The van der Waals surface area contributed by atoms with E-state index in [4.69, 9.17) is 0 Å². The van der Waals surface area contributed by atoms with Crippen molar-refractivity contribution >= 4 is 5.91 Å². The largest absolute Gasteiger partial charge is 0.343 e. The van der Waals surface area contributed by atoms with Crippen molar-refractivity contribution in [2.24, 2.45) is 11.8 Å². The van der Waals surface area contributed by atoms with Gasteiger partial charge in [-0.3, -0.25) is 4.79 Å². The zero-order valence-electron chi connectivity index (χ0n) is 11.1. The van der Waals surface area contributed by atoms with Crippen molar-refractivity contribution in [2.45, 2.75) is 45.4 Å². The summed E-state index contributed by atoms with van der Waals surface area (Å²) in [5, 5.41) is 3.38. The molecule has 3 nitrogen and oxygen atoms in total. The lowest BCUT2D eigenvalue weighted by molar-refractivity contribution is -0.133. The van der Waals surface area contributed by atoms with E-state index < -0.39 is 0 Å². The zero-order chi connectivity index (χ0) is 12.1. The molecule has 2 rings (SSSR count). The van der Waals surface area contributed by atoms with Crippen molar-refractivity contribution < 1.29 is 4.79 Å². The van der Waals surface area contributed by atoms with Crippen LogP contribution in [0.15, 0.2) is 0 Å². The van der Waals surface area contributed by atoms with Crippen LogP contribution in [0.5, 0.6) is 0 Å². The SMILES string of the molecule is CCN(CC1CCNCC1)C(=O)CC1CCC1. The molecule has 1 aliphatic heterocycles. The summed E-state index contributed by atoms with van der Waals surface area (Å²) in [5.41, 5.74) is 0. The topological polar surface area (TPSA) is 32.3 Å². The molecular weight excluding hydrogens is 212 g/mol. The zero-order valence-corrected chi connectivity index (χ0v) is 11.1. The van der Waals surface area contributed by atoms with Gasteiger partial charge in [0.1, 0.15) is 0 Å². The Morgan fingerprint density at radius 3 is 2.41 bits per heavy atom. The van der Waals surface area contributed by atoms with Crippen molar-refractivity contribution in [1.29, 1.82) is 0 Å². The molecule has 0 unspecified atom stereocenters. The predicted octanol–water partition coefficient (Wildman–Crippen LogP) is 2.02. The molecule has 3 heteroatoms. The van der Waals surface area contributed by atoms with Crippen LogP contribution in [0.1, 0.15) is 45.4 Å². The summed E-state index contributed by atoms with van der Waals surface area (Å²) in [4.78, 5) is 14.3. The number of piperidine rings is 1. The summed E-state index contributed by atoms with van der Waals surface area (Å²) >= 11 is 0. The summed E-state index contributed by atoms with van der Waals surface area (Å²) in [6, 6.07) is 0. The van der Waals surface area contributed by atoms with Crippen LogP contribution in [0.4, 0.5) is 0 Å². The maximum absolute atomic E-state index is 12.2. The second kappa shape index (κ2) is 6.39. The van der Waals surface area contributed by atoms with Gasteiger partial charge in [-0.05, 0) is 57.5 Å². The molecule has 1 heterocycles. The van der Waals surface area contributed by atoms with Crippen LogP contribution >= 0.6 is 0 Å². The molecule has 2 aliphatic rings. The molecular formula is C14H26N2O. The number of carbonyl (C=O) groups excluding carboxylic acids is 1. The Morgan fingerprint density at radius 1 is 1.18 bits per heavy atom. The molecule has 1 amide bonds. The quantitative estimate of drug-likeness (QED) is 0.795. The van der Waals surface area contributed by atoms with E-state index in [0.717, 1.165) is 38.5 Å². The fourth-order valence-corrected chi connectivity index (χ4v) is 2.86. The maximum atomic E-state index is 12.2. The van der Waals surface area contributed by atoms with Gasteiger partial charge < -0.3 is 10.2 Å². The van der Waals surface area contributed by atoms with E-state index in [-0.39, 0.29) is 0 Å². The van der Waals surface area contributed by atoms with Gasteiger partial charge in [0, 0.05) is 19.5 Å². The highest BCUT2D eigenvalue weighted by molar-refractivity contribution is 5.76. The molecule has 0 aromatic rings. The van der Waals surface area contributed by atoms with Crippen LogP contribution in [0.3, 0.4) is 0 Å². The van der Waals surface area contributed by atoms with E-state index in [0.29, 0.717) is 11.8 Å². The Morgan fingerprint density at radius 2 is 1.88 bits per heavy atom. The highest BCUT2D eigenvalue weighted by Gasteiger charge is 2.25. The Kier molecular flexibility index (Phi) is 4.84. The lowest BCUT2D eigenvalue weighted by atomic mass is 9.82. The van der Waals surface area contributed by atoms with Crippen LogP contribution in [0.2, 0.25) is 0 Å². The number of hydrogen-bond donors (Lipinski definition) is 1. The van der Waals surface area contributed by atoms with Gasteiger partial charge in [0.05, 0.1) is 0 Å². The Hall–Kier alpha value is -0.570. The first-order valence-corrected chi connectivity index (χ1v) is 7.28. The molecule has 1 N–H and O–H groups in total. The van der Waals surface area contributed by atoms with E-state index in [2.05, 4.69) is 17.1 Å². The van der Waals surface area contributed by atoms with E-state index in [1.165, 1.54) is 32.1 Å². The molecule has 1 saturated carbocycles. The summed E-state index contributed by atoms with van der Waals surface area (Å²) in [5.74, 6) is 1.82. The molecule has 98 valence electrons. The molecule has 0 radical (unpaired) electrons. The number of rotatable bonds is 5. The molecule has 0 spiro atoms. The number of amides is 1. The summed E-state index contributed by atoms with van der Waals surface area (Å²) in [6.07, 6.45) is 7.14. The van der Waals surface area contributed by atoms with Crippen LogP contribution in [-0.2, 0) is 4.79 Å². The Bertz CT molecular complexity index is 245. The molecule has 17 heavy (non-hydrogen) atoms. The maximum Gasteiger partial charge on any atom is 0.222 e. The second-order valence-corrected chi connectivity index (χ2v) is 5.63. The van der Waals surface area contributed by atoms with Crippen molar-refractivity contribution in [2.75, 3.05) is 26.2 Å². The minimum absolute atomic E-state index is 0.399. The average molecular weight is 238 g/mol. The fourth-order valence-electron chi connectivity index (χ4n) is 2.86. The van der Waals surface area contributed by atoms with Crippen LogP contribution < -0.4 is 5.32 Å². The van der Waals surface area contributed by atoms with Gasteiger partial charge in [-0.1, -0.05) is 6.42 Å². The van der Waals surface area contributed by atoms with E-state index >= 15 is 0 Å². The standard InChI is InChI=1S/C14H26N2O/c1-2-16(11-13-6-8-15-9-7-13)14(17)10-12-4-3-5-12/h12-13,15H,2-11H2,1H3. The first kappa shape index (κ1) is 12.9. The lowest BCUT2D eigenvalue weighted by Gasteiger charge is -2.32. The van der Waals surface area contributed by atoms with Crippen LogP contribution in [-0.4, -0.2) is 37.0 Å². The summed E-state index contributed by atoms with van der Waals surface area (Å²) in [6.45, 7) is 6.23. The second-order valence-electron chi connectivity index (χ2n) is 5.63.